The molecule has 2 aliphatic rings. The number of fused-ring (bicyclic) bond motifs is 1. The first-order valence-electron chi connectivity index (χ1n) is 10.3. The molecule has 3 aromatic carbocycles. The summed E-state index contributed by atoms with van der Waals surface area (Å²) in [5, 5.41) is 2.74. The van der Waals surface area contributed by atoms with E-state index in [-0.39, 0.29) is 19.8 Å². The van der Waals surface area contributed by atoms with Gasteiger partial charge in [-0.2, -0.15) is 13.2 Å². The van der Waals surface area contributed by atoms with Gasteiger partial charge < -0.3 is 14.8 Å². The van der Waals surface area contributed by atoms with E-state index in [2.05, 4.69) is 5.32 Å². The molecular formula is C25H22F3NO3. The number of ether oxygens (including phenoxy) is 2. The van der Waals surface area contributed by atoms with Gasteiger partial charge in [-0.15, -0.1) is 0 Å². The van der Waals surface area contributed by atoms with Crippen molar-refractivity contribution in [3.8, 4) is 22.6 Å². The summed E-state index contributed by atoms with van der Waals surface area (Å²) in [4.78, 5) is 13.2. The van der Waals surface area contributed by atoms with Crippen molar-refractivity contribution in [3.05, 3.63) is 77.4 Å². The van der Waals surface area contributed by atoms with Crippen molar-refractivity contribution >= 4 is 11.6 Å². The van der Waals surface area contributed by atoms with Crippen LogP contribution in [0.25, 0.3) is 11.1 Å². The molecule has 166 valence electrons. The lowest BCUT2D eigenvalue weighted by Crippen LogP contribution is -2.28. The number of hydrogen-bond donors (Lipinski definition) is 1. The Balaban J connectivity index is 0.00000259. The molecule has 1 fully saturated rings. The Morgan fingerprint density at radius 2 is 1.75 bits per heavy atom. The highest BCUT2D eigenvalue weighted by atomic mass is 19.4. The van der Waals surface area contributed by atoms with E-state index in [1.165, 1.54) is 0 Å². The number of halogens is 3. The summed E-state index contributed by atoms with van der Waals surface area (Å²) >= 11 is 0. The highest BCUT2D eigenvalue weighted by molar-refractivity contribution is 6.02. The second-order valence-corrected chi connectivity index (χ2v) is 8.22. The van der Waals surface area contributed by atoms with Crippen molar-refractivity contribution in [1.82, 2.24) is 0 Å². The Hall–Kier alpha value is -3.48. The molecule has 0 saturated heterocycles. The predicted molar refractivity (Wildman–Crippen MR) is 116 cm³/mol. The second-order valence-electron chi connectivity index (χ2n) is 8.22. The molecule has 0 unspecified atom stereocenters. The highest BCUT2D eigenvalue weighted by Crippen LogP contribution is 2.51. The van der Waals surface area contributed by atoms with Gasteiger partial charge in [0, 0.05) is 7.11 Å². The fraction of sp³-hybridized carbons (Fsp3) is 0.240. The molecule has 5 rings (SSSR count). The molecule has 1 aliphatic carbocycles. The van der Waals surface area contributed by atoms with Gasteiger partial charge in [0.25, 0.3) is 0 Å². The average Bonchev–Trinajstić information content (AvgIpc) is 3.44. The number of carbonyl (C=O) groups is 1. The average molecular weight is 441 g/mol. The summed E-state index contributed by atoms with van der Waals surface area (Å²) in [6, 6.07) is 16.2. The van der Waals surface area contributed by atoms with Crippen LogP contribution in [-0.4, -0.2) is 12.7 Å². The van der Waals surface area contributed by atoms with Crippen LogP contribution in [0.1, 0.15) is 31.0 Å². The first-order chi connectivity index (χ1) is 15.3. The van der Waals surface area contributed by atoms with Gasteiger partial charge in [0.05, 0.1) is 11.0 Å². The van der Waals surface area contributed by atoms with Crippen LogP contribution >= 0.6 is 0 Å². The third-order valence-electron chi connectivity index (χ3n) is 6.08. The number of amides is 1. The largest absolute Gasteiger partial charge is 0.454 e. The summed E-state index contributed by atoms with van der Waals surface area (Å²) < 4.78 is 51.5. The maximum atomic E-state index is 13.6. The van der Waals surface area contributed by atoms with E-state index in [1.54, 1.807) is 30.3 Å². The first-order valence-corrected chi connectivity index (χ1v) is 10.3. The molecule has 0 atom stereocenters. The van der Waals surface area contributed by atoms with Crippen molar-refractivity contribution in [2.75, 3.05) is 12.1 Å². The Morgan fingerprint density at radius 3 is 2.47 bits per heavy atom. The van der Waals surface area contributed by atoms with Crippen LogP contribution in [0, 0.1) is 6.92 Å². The van der Waals surface area contributed by atoms with Crippen LogP contribution in [0.5, 0.6) is 11.5 Å². The van der Waals surface area contributed by atoms with E-state index in [0.29, 0.717) is 35.5 Å². The van der Waals surface area contributed by atoms with Crippen molar-refractivity contribution in [3.63, 3.8) is 0 Å². The van der Waals surface area contributed by atoms with Gasteiger partial charge in [-0.05, 0) is 72.4 Å². The number of alkyl halides is 3. The van der Waals surface area contributed by atoms with Crippen molar-refractivity contribution in [1.29, 1.82) is 0 Å². The van der Waals surface area contributed by atoms with Crippen LogP contribution in [0.4, 0.5) is 18.9 Å². The molecule has 1 heterocycles. The fourth-order valence-electron chi connectivity index (χ4n) is 4.13. The molecular weight excluding hydrogens is 419 g/mol. The topological polar surface area (TPSA) is 47.6 Å². The van der Waals surface area contributed by atoms with Gasteiger partial charge >= 0.3 is 6.18 Å². The minimum Gasteiger partial charge on any atom is -0.454 e. The van der Waals surface area contributed by atoms with E-state index >= 15 is 0 Å². The van der Waals surface area contributed by atoms with Crippen LogP contribution in [0.2, 0.25) is 0 Å². The minimum atomic E-state index is -4.53. The lowest BCUT2D eigenvalue weighted by atomic mass is 9.94. The first kappa shape index (κ1) is 20.4. The zero-order valence-electron chi connectivity index (χ0n) is 17.3. The van der Waals surface area contributed by atoms with E-state index in [9.17, 15) is 18.0 Å². The van der Waals surface area contributed by atoms with Gasteiger partial charge in [-0.1, -0.05) is 30.3 Å². The normalized spacial score (nSPS) is 16.0. The van der Waals surface area contributed by atoms with E-state index in [4.69, 9.17) is 9.47 Å². The quantitative estimate of drug-likeness (QED) is 0.515. The maximum absolute atomic E-state index is 13.6. The molecule has 1 aliphatic heterocycles. The SMILES string of the molecule is Cc1ccccc1-c1cc(NC(=O)C2(c3ccc4c(c3)OCO4)CC2)cc(C(F)(F)F)c1.[HH]. The molecule has 1 N–H and O–H groups in total. The molecule has 3 aromatic rings. The number of aryl methyl sites for hydroxylation is 1. The Morgan fingerprint density at radius 1 is 1.00 bits per heavy atom. The standard InChI is InChI=1S/C25H20F3NO3.H2/c1-15-4-2-3-5-20(15)16-10-18(25(26,27)28)12-19(11-16)29-23(30)24(8-9-24)17-6-7-21-22(13-17)32-14-31-21;/h2-7,10-13H,8-9,14H2,1H3,(H,29,30);1H. The smallest absolute Gasteiger partial charge is 0.416 e. The van der Waals surface area contributed by atoms with Gasteiger partial charge in [0.2, 0.25) is 12.7 Å². The summed E-state index contributed by atoms with van der Waals surface area (Å²) in [5.74, 6) is 0.861. The van der Waals surface area contributed by atoms with Crippen molar-refractivity contribution < 1.29 is 28.9 Å². The number of rotatable bonds is 4. The third-order valence-corrected chi connectivity index (χ3v) is 6.08. The number of hydrogen-bond acceptors (Lipinski definition) is 3. The molecule has 4 nitrogen and oxygen atoms in total. The van der Waals surface area contributed by atoms with Crippen molar-refractivity contribution in [2.24, 2.45) is 0 Å². The molecule has 7 heteroatoms. The lowest BCUT2D eigenvalue weighted by molar-refractivity contribution is -0.137. The Kier molecular flexibility index (Phi) is 4.65. The number of benzene rings is 3. The Labute approximate surface area is 184 Å². The fourth-order valence-corrected chi connectivity index (χ4v) is 4.13. The van der Waals surface area contributed by atoms with Gasteiger partial charge in [-0.25, -0.2) is 0 Å². The molecule has 1 amide bonds. The molecule has 0 radical (unpaired) electrons. The molecule has 0 bridgehead atoms. The van der Waals surface area contributed by atoms with Crippen LogP contribution in [-0.2, 0) is 16.4 Å². The highest BCUT2D eigenvalue weighted by Gasteiger charge is 2.51. The maximum Gasteiger partial charge on any atom is 0.416 e. The van der Waals surface area contributed by atoms with Crippen LogP contribution in [0.3, 0.4) is 0 Å². The molecule has 1 saturated carbocycles. The monoisotopic (exact) mass is 441 g/mol. The molecule has 32 heavy (non-hydrogen) atoms. The third kappa shape index (κ3) is 3.57. The predicted octanol–water partition coefficient (Wildman–Crippen LogP) is 6.33. The summed E-state index contributed by atoms with van der Waals surface area (Å²) in [7, 11) is 0. The number of carbonyl (C=O) groups excluding carboxylic acids is 1. The minimum absolute atomic E-state index is 0. The summed E-state index contributed by atoms with van der Waals surface area (Å²) in [6.45, 7) is 1.97. The van der Waals surface area contributed by atoms with Gasteiger partial charge in [-0.3, -0.25) is 4.79 Å². The van der Waals surface area contributed by atoms with Gasteiger partial charge in [0.15, 0.2) is 11.5 Å². The lowest BCUT2D eigenvalue weighted by Gasteiger charge is -2.18. The van der Waals surface area contributed by atoms with Crippen LogP contribution < -0.4 is 14.8 Å². The second kappa shape index (κ2) is 7.29. The molecule has 0 spiro atoms. The van der Waals surface area contributed by atoms with Crippen LogP contribution in [0.15, 0.2) is 60.7 Å². The number of nitrogens with one attached hydrogen (secondary N) is 1. The Bertz CT molecular complexity index is 1220. The zero-order chi connectivity index (χ0) is 22.5. The van der Waals surface area contributed by atoms with E-state index in [0.717, 1.165) is 23.3 Å². The summed E-state index contributed by atoms with van der Waals surface area (Å²) in [6.07, 6.45) is -3.31. The number of anilines is 1. The van der Waals surface area contributed by atoms with Crippen molar-refractivity contribution in [2.45, 2.75) is 31.4 Å². The zero-order valence-corrected chi connectivity index (χ0v) is 17.3. The van der Waals surface area contributed by atoms with E-state index in [1.807, 2.05) is 25.1 Å². The van der Waals surface area contributed by atoms with Gasteiger partial charge in [0.1, 0.15) is 0 Å². The van der Waals surface area contributed by atoms with E-state index < -0.39 is 17.2 Å². The summed E-state index contributed by atoms with van der Waals surface area (Å²) in [5.41, 5.74) is 1.25. The molecule has 0 aromatic heterocycles.